The molecule has 0 amide bonds. The Labute approximate surface area is 96.0 Å². The van der Waals surface area contributed by atoms with E-state index in [4.69, 9.17) is 5.73 Å². The van der Waals surface area contributed by atoms with Gasteiger partial charge in [-0.2, -0.15) is 0 Å². The van der Waals surface area contributed by atoms with Crippen molar-refractivity contribution in [2.75, 3.05) is 35.2 Å². The Morgan fingerprint density at radius 3 is 2.75 bits per heavy atom. The molecule has 2 rings (SSSR count). The van der Waals surface area contributed by atoms with E-state index >= 15 is 0 Å². The Hall–Kier alpha value is -1.23. The molecule has 1 aliphatic rings. The quantitative estimate of drug-likeness (QED) is 0.741. The highest BCUT2D eigenvalue weighted by Gasteiger charge is 2.19. The molecular formula is C11H16N2O2S. The van der Waals surface area contributed by atoms with Gasteiger partial charge in [0.15, 0.2) is 9.84 Å². The maximum Gasteiger partial charge on any atom is 0.152 e. The second-order valence-electron chi connectivity index (χ2n) is 4.09. The van der Waals surface area contributed by atoms with E-state index in [1.165, 1.54) is 0 Å². The number of rotatable bonds is 1. The Morgan fingerprint density at radius 2 is 2.00 bits per heavy atom. The molecule has 1 aromatic rings. The summed E-state index contributed by atoms with van der Waals surface area (Å²) >= 11 is 0. The number of hydrogen-bond donors (Lipinski definition) is 1. The van der Waals surface area contributed by atoms with Crippen molar-refractivity contribution < 1.29 is 8.42 Å². The zero-order valence-corrected chi connectivity index (χ0v) is 9.91. The number of sulfone groups is 1. The molecule has 0 atom stereocenters. The molecule has 1 aromatic carbocycles. The lowest BCUT2D eigenvalue weighted by Gasteiger charge is -2.22. The van der Waals surface area contributed by atoms with Crippen LogP contribution in [0.25, 0.3) is 0 Å². The Balaban J connectivity index is 2.17. The molecule has 2 N–H and O–H groups in total. The van der Waals surface area contributed by atoms with Gasteiger partial charge in [-0.1, -0.05) is 6.07 Å². The van der Waals surface area contributed by atoms with Crippen molar-refractivity contribution in [3.05, 3.63) is 24.3 Å². The molecule has 1 saturated heterocycles. The molecule has 0 unspecified atom stereocenters. The third-order valence-corrected chi connectivity index (χ3v) is 4.51. The first-order valence-corrected chi connectivity index (χ1v) is 7.20. The average Bonchev–Trinajstić information content (AvgIpc) is 2.39. The molecule has 0 aliphatic carbocycles. The Bertz CT molecular complexity index is 471. The summed E-state index contributed by atoms with van der Waals surface area (Å²) < 4.78 is 22.9. The fourth-order valence-electron chi connectivity index (χ4n) is 1.92. The van der Waals surface area contributed by atoms with Gasteiger partial charge in [-0.3, -0.25) is 0 Å². The Kier molecular flexibility index (Phi) is 3.05. The molecule has 1 aliphatic heterocycles. The van der Waals surface area contributed by atoms with Crippen molar-refractivity contribution >= 4 is 21.2 Å². The number of nitrogens with zero attached hydrogens (tertiary/aromatic N) is 1. The van der Waals surface area contributed by atoms with Crippen LogP contribution >= 0.6 is 0 Å². The first kappa shape index (κ1) is 11.3. The van der Waals surface area contributed by atoms with E-state index in [2.05, 4.69) is 4.90 Å². The third-order valence-electron chi connectivity index (χ3n) is 2.79. The minimum atomic E-state index is -2.84. The average molecular weight is 240 g/mol. The fraction of sp³-hybridized carbons (Fsp3) is 0.455. The highest BCUT2D eigenvalue weighted by atomic mass is 32.2. The van der Waals surface area contributed by atoms with Crippen molar-refractivity contribution in [3.63, 3.8) is 0 Å². The van der Waals surface area contributed by atoms with Crippen LogP contribution in [0.1, 0.15) is 6.42 Å². The second kappa shape index (κ2) is 4.33. The summed E-state index contributed by atoms with van der Waals surface area (Å²) in [5.41, 5.74) is 7.44. The molecule has 5 heteroatoms. The van der Waals surface area contributed by atoms with Crippen molar-refractivity contribution in [3.8, 4) is 0 Å². The van der Waals surface area contributed by atoms with Crippen LogP contribution in [0, 0.1) is 0 Å². The van der Waals surface area contributed by atoms with Crippen LogP contribution in [0.5, 0.6) is 0 Å². The molecule has 1 heterocycles. The molecule has 0 saturated carbocycles. The number of benzene rings is 1. The van der Waals surface area contributed by atoms with Crippen LogP contribution in [0.2, 0.25) is 0 Å². The maximum absolute atomic E-state index is 11.5. The lowest BCUT2D eigenvalue weighted by atomic mass is 10.2. The zero-order chi connectivity index (χ0) is 11.6. The largest absolute Gasteiger partial charge is 0.399 e. The third kappa shape index (κ3) is 2.66. The van der Waals surface area contributed by atoms with Crippen molar-refractivity contribution in [1.82, 2.24) is 0 Å². The molecule has 0 spiro atoms. The Morgan fingerprint density at radius 1 is 1.19 bits per heavy atom. The van der Waals surface area contributed by atoms with Gasteiger partial charge in [-0.25, -0.2) is 8.42 Å². The molecule has 88 valence electrons. The van der Waals surface area contributed by atoms with E-state index in [-0.39, 0.29) is 5.75 Å². The van der Waals surface area contributed by atoms with Crippen LogP contribution in [0.15, 0.2) is 24.3 Å². The molecular weight excluding hydrogens is 224 g/mol. The van der Waals surface area contributed by atoms with Gasteiger partial charge in [-0.05, 0) is 24.6 Å². The van der Waals surface area contributed by atoms with Crippen LogP contribution < -0.4 is 10.6 Å². The van der Waals surface area contributed by atoms with E-state index in [0.29, 0.717) is 24.4 Å². The summed E-state index contributed by atoms with van der Waals surface area (Å²) in [7, 11) is -2.84. The summed E-state index contributed by atoms with van der Waals surface area (Å²) in [6.07, 6.45) is 0.692. The summed E-state index contributed by atoms with van der Waals surface area (Å²) in [4.78, 5) is 2.08. The smallest absolute Gasteiger partial charge is 0.152 e. The summed E-state index contributed by atoms with van der Waals surface area (Å²) in [5.74, 6) is 0.535. The molecule has 16 heavy (non-hydrogen) atoms. The number of nitrogen functional groups attached to an aromatic ring is 1. The monoisotopic (exact) mass is 240 g/mol. The normalized spacial score (nSPS) is 20.4. The van der Waals surface area contributed by atoms with Crippen LogP contribution in [-0.2, 0) is 9.84 Å². The SMILES string of the molecule is Nc1cccc(N2CCCS(=O)(=O)CC2)c1. The molecule has 0 bridgehead atoms. The topological polar surface area (TPSA) is 63.4 Å². The van der Waals surface area contributed by atoms with Crippen molar-refractivity contribution in [1.29, 1.82) is 0 Å². The first-order chi connectivity index (χ1) is 7.57. The van der Waals surface area contributed by atoms with Crippen LogP contribution in [0.4, 0.5) is 11.4 Å². The van der Waals surface area contributed by atoms with Crippen LogP contribution in [0.3, 0.4) is 0 Å². The lowest BCUT2D eigenvalue weighted by Crippen LogP contribution is -2.26. The predicted molar refractivity (Wildman–Crippen MR) is 66.3 cm³/mol. The molecule has 0 aromatic heterocycles. The van der Waals surface area contributed by atoms with Crippen LogP contribution in [-0.4, -0.2) is 33.0 Å². The molecule has 4 nitrogen and oxygen atoms in total. The van der Waals surface area contributed by atoms with Gasteiger partial charge >= 0.3 is 0 Å². The number of nitrogens with two attached hydrogens (primary N) is 1. The highest BCUT2D eigenvalue weighted by molar-refractivity contribution is 7.91. The van der Waals surface area contributed by atoms with Gasteiger partial charge in [0.2, 0.25) is 0 Å². The van der Waals surface area contributed by atoms with Gasteiger partial charge in [-0.15, -0.1) is 0 Å². The van der Waals surface area contributed by atoms with E-state index in [0.717, 1.165) is 12.2 Å². The van der Waals surface area contributed by atoms with Gasteiger partial charge < -0.3 is 10.6 Å². The van der Waals surface area contributed by atoms with Gasteiger partial charge in [0.1, 0.15) is 0 Å². The summed E-state index contributed by atoms with van der Waals surface area (Å²) in [6.45, 7) is 1.34. The number of anilines is 2. The molecule has 1 fully saturated rings. The molecule has 0 radical (unpaired) electrons. The standard InChI is InChI=1S/C11H16N2O2S/c12-10-3-1-4-11(9-10)13-5-2-7-16(14,15)8-6-13/h1,3-4,9H,2,5-8,12H2. The zero-order valence-electron chi connectivity index (χ0n) is 9.09. The summed E-state index contributed by atoms with van der Waals surface area (Å²) in [6, 6.07) is 7.58. The van der Waals surface area contributed by atoms with E-state index in [1.807, 2.05) is 24.3 Å². The minimum Gasteiger partial charge on any atom is -0.399 e. The predicted octanol–water partition coefficient (Wildman–Crippen LogP) is 0.894. The van der Waals surface area contributed by atoms with E-state index in [9.17, 15) is 8.42 Å². The highest BCUT2D eigenvalue weighted by Crippen LogP contribution is 2.19. The lowest BCUT2D eigenvalue weighted by molar-refractivity contribution is 0.597. The van der Waals surface area contributed by atoms with Gasteiger partial charge in [0.05, 0.1) is 11.5 Å². The van der Waals surface area contributed by atoms with Gasteiger partial charge in [0, 0.05) is 24.5 Å². The van der Waals surface area contributed by atoms with E-state index < -0.39 is 9.84 Å². The van der Waals surface area contributed by atoms with Crippen molar-refractivity contribution in [2.24, 2.45) is 0 Å². The maximum atomic E-state index is 11.5. The van der Waals surface area contributed by atoms with E-state index in [1.54, 1.807) is 0 Å². The second-order valence-corrected chi connectivity index (χ2v) is 6.39. The first-order valence-electron chi connectivity index (χ1n) is 5.38. The number of hydrogen-bond acceptors (Lipinski definition) is 4. The van der Waals surface area contributed by atoms with Gasteiger partial charge in [0.25, 0.3) is 0 Å². The fourth-order valence-corrected chi connectivity index (χ4v) is 3.19. The van der Waals surface area contributed by atoms with Crippen molar-refractivity contribution in [2.45, 2.75) is 6.42 Å². The minimum absolute atomic E-state index is 0.238. The summed E-state index contributed by atoms with van der Waals surface area (Å²) in [5, 5.41) is 0.